The summed E-state index contributed by atoms with van der Waals surface area (Å²) in [6.45, 7) is 1.09. The van der Waals surface area contributed by atoms with Gasteiger partial charge in [0.1, 0.15) is 6.61 Å². The van der Waals surface area contributed by atoms with E-state index in [4.69, 9.17) is 4.74 Å². The van der Waals surface area contributed by atoms with Gasteiger partial charge in [-0.25, -0.2) is 4.98 Å². The van der Waals surface area contributed by atoms with Crippen molar-refractivity contribution in [2.24, 2.45) is 0 Å². The molecule has 1 N–H and O–H groups in total. The number of methoxy groups -OCH3 is 1. The zero-order chi connectivity index (χ0) is 13.9. The lowest BCUT2D eigenvalue weighted by Crippen LogP contribution is -2.16. The van der Waals surface area contributed by atoms with Gasteiger partial charge in [-0.05, 0) is 12.1 Å². The largest absolute Gasteiger partial charge is 0.375 e. The van der Waals surface area contributed by atoms with Crippen LogP contribution in [0.1, 0.15) is 0 Å². The van der Waals surface area contributed by atoms with E-state index >= 15 is 0 Å². The number of nitrogens with one attached hydrogen (secondary N) is 1. The second-order valence-electron chi connectivity index (χ2n) is 4.51. The van der Waals surface area contributed by atoms with E-state index in [2.05, 4.69) is 21.1 Å². The average Bonchev–Trinajstić information content (AvgIpc) is 3.00. The highest BCUT2D eigenvalue weighted by Crippen LogP contribution is 2.29. The summed E-state index contributed by atoms with van der Waals surface area (Å²) in [7, 11) is 1.50. The van der Waals surface area contributed by atoms with E-state index in [1.807, 2.05) is 24.3 Å². The number of aryl methyl sites for hydroxylation is 1. The number of thioether (sulfide) groups is 1. The van der Waals surface area contributed by atoms with Crippen molar-refractivity contribution in [3.8, 4) is 11.3 Å². The topological polar surface area (TPSA) is 56.1 Å². The first kappa shape index (κ1) is 13.2. The Labute approximate surface area is 121 Å². The summed E-state index contributed by atoms with van der Waals surface area (Å²) >= 11 is 1.78. The van der Waals surface area contributed by atoms with Crippen molar-refractivity contribution in [2.75, 3.05) is 24.8 Å². The predicted octanol–water partition coefficient (Wildman–Crippen LogP) is 2.24. The molecule has 104 valence electrons. The van der Waals surface area contributed by atoms with Crippen molar-refractivity contribution in [1.82, 2.24) is 9.55 Å². The summed E-state index contributed by atoms with van der Waals surface area (Å²) in [5.41, 5.74) is 2.79. The summed E-state index contributed by atoms with van der Waals surface area (Å²) in [5, 5.41) is 3.85. The second-order valence-corrected chi connectivity index (χ2v) is 5.57. The van der Waals surface area contributed by atoms with Crippen molar-refractivity contribution >= 4 is 23.4 Å². The lowest BCUT2D eigenvalue weighted by Gasteiger charge is -2.05. The number of benzene rings is 1. The van der Waals surface area contributed by atoms with Crippen LogP contribution < -0.4 is 5.32 Å². The van der Waals surface area contributed by atoms with Gasteiger partial charge in [0.05, 0.1) is 5.69 Å². The standard InChI is InChI=1S/C14H15N3O2S/c1-19-9-13(18)15-11-4-2-10(3-5-11)12-8-17-6-7-20-14(17)16-12/h2-5,8H,6-7,9H2,1H3,(H,15,18). The number of rotatable bonds is 4. The number of nitrogens with zero attached hydrogens (tertiary/aromatic N) is 2. The van der Waals surface area contributed by atoms with E-state index in [1.165, 1.54) is 7.11 Å². The Morgan fingerprint density at radius 2 is 2.25 bits per heavy atom. The molecule has 0 atom stereocenters. The van der Waals surface area contributed by atoms with Crippen molar-refractivity contribution in [1.29, 1.82) is 0 Å². The highest BCUT2D eigenvalue weighted by molar-refractivity contribution is 7.99. The number of aromatic nitrogens is 2. The lowest BCUT2D eigenvalue weighted by atomic mass is 10.1. The first-order valence-electron chi connectivity index (χ1n) is 6.35. The second kappa shape index (κ2) is 5.68. The van der Waals surface area contributed by atoms with E-state index in [0.29, 0.717) is 0 Å². The molecule has 5 nitrogen and oxygen atoms in total. The van der Waals surface area contributed by atoms with Crippen molar-refractivity contribution in [3.63, 3.8) is 0 Å². The molecule has 0 unspecified atom stereocenters. The molecule has 1 aliphatic rings. The van der Waals surface area contributed by atoms with Gasteiger partial charge in [-0.2, -0.15) is 0 Å². The zero-order valence-electron chi connectivity index (χ0n) is 11.1. The van der Waals surface area contributed by atoms with Gasteiger partial charge in [0, 0.05) is 36.9 Å². The summed E-state index contributed by atoms with van der Waals surface area (Å²) in [5.74, 6) is 0.949. The monoisotopic (exact) mass is 289 g/mol. The number of anilines is 1. The minimum atomic E-state index is -0.155. The zero-order valence-corrected chi connectivity index (χ0v) is 11.9. The Hall–Kier alpha value is -1.79. The number of amides is 1. The predicted molar refractivity (Wildman–Crippen MR) is 78.9 cm³/mol. The maximum atomic E-state index is 11.4. The highest BCUT2D eigenvalue weighted by Gasteiger charge is 2.15. The molecule has 0 radical (unpaired) electrons. The van der Waals surface area contributed by atoms with Gasteiger partial charge in [-0.3, -0.25) is 4.79 Å². The Morgan fingerprint density at radius 1 is 1.45 bits per heavy atom. The van der Waals surface area contributed by atoms with Gasteiger partial charge < -0.3 is 14.6 Å². The number of carbonyl (C=O) groups is 1. The van der Waals surface area contributed by atoms with Crippen molar-refractivity contribution in [3.05, 3.63) is 30.5 Å². The van der Waals surface area contributed by atoms with Gasteiger partial charge in [0.25, 0.3) is 0 Å². The molecule has 1 aromatic carbocycles. The van der Waals surface area contributed by atoms with Crippen LogP contribution >= 0.6 is 11.8 Å². The Balaban J connectivity index is 1.73. The normalized spacial score (nSPS) is 13.2. The van der Waals surface area contributed by atoms with Crippen molar-refractivity contribution in [2.45, 2.75) is 11.7 Å². The molecule has 1 aromatic heterocycles. The third kappa shape index (κ3) is 2.71. The highest BCUT2D eigenvalue weighted by atomic mass is 32.2. The maximum Gasteiger partial charge on any atom is 0.250 e. The molecule has 0 saturated heterocycles. The maximum absolute atomic E-state index is 11.4. The van der Waals surface area contributed by atoms with Crippen LogP contribution in [0.2, 0.25) is 0 Å². The molecule has 2 heterocycles. The number of hydrogen-bond donors (Lipinski definition) is 1. The Bertz CT molecular complexity index is 600. The van der Waals surface area contributed by atoms with Gasteiger partial charge in [-0.15, -0.1) is 0 Å². The van der Waals surface area contributed by atoms with Crippen molar-refractivity contribution < 1.29 is 9.53 Å². The molecule has 20 heavy (non-hydrogen) atoms. The van der Waals surface area contributed by atoms with Crippen LogP contribution in [0.5, 0.6) is 0 Å². The summed E-state index contributed by atoms with van der Waals surface area (Å²) < 4.78 is 6.95. The molecule has 0 aliphatic carbocycles. The summed E-state index contributed by atoms with van der Waals surface area (Å²) in [6.07, 6.45) is 2.08. The average molecular weight is 289 g/mol. The number of ether oxygens (including phenoxy) is 1. The van der Waals surface area contributed by atoms with E-state index < -0.39 is 0 Å². The van der Waals surface area contributed by atoms with E-state index in [0.717, 1.165) is 34.4 Å². The molecule has 2 aromatic rings. The molecule has 6 heteroatoms. The molecule has 0 bridgehead atoms. The van der Waals surface area contributed by atoms with Crippen LogP contribution in [0.25, 0.3) is 11.3 Å². The molecule has 1 amide bonds. The molecule has 1 aliphatic heterocycles. The third-order valence-corrected chi connectivity index (χ3v) is 4.01. The number of hydrogen-bond acceptors (Lipinski definition) is 4. The SMILES string of the molecule is COCC(=O)Nc1ccc(-c2cn3c(n2)SCC3)cc1. The fourth-order valence-corrected chi connectivity index (χ4v) is 3.04. The molecule has 0 spiro atoms. The van der Waals surface area contributed by atoms with Gasteiger partial charge in [0.15, 0.2) is 5.16 Å². The van der Waals surface area contributed by atoms with Crippen LogP contribution in [0.3, 0.4) is 0 Å². The fraction of sp³-hybridized carbons (Fsp3) is 0.286. The molecule has 0 fully saturated rings. The summed E-state index contributed by atoms with van der Waals surface area (Å²) in [6, 6.07) is 7.68. The first-order valence-corrected chi connectivity index (χ1v) is 7.34. The number of fused-ring (bicyclic) bond motifs is 1. The molecular weight excluding hydrogens is 274 g/mol. The number of imidazole rings is 1. The van der Waals surface area contributed by atoms with Gasteiger partial charge in [-0.1, -0.05) is 23.9 Å². The van der Waals surface area contributed by atoms with E-state index in [-0.39, 0.29) is 12.5 Å². The van der Waals surface area contributed by atoms with Crippen LogP contribution in [-0.4, -0.2) is 34.9 Å². The van der Waals surface area contributed by atoms with Crippen LogP contribution in [0.15, 0.2) is 35.6 Å². The van der Waals surface area contributed by atoms with Crippen LogP contribution in [-0.2, 0) is 16.1 Å². The van der Waals surface area contributed by atoms with E-state index in [1.54, 1.807) is 11.8 Å². The smallest absolute Gasteiger partial charge is 0.250 e. The number of carbonyl (C=O) groups excluding carboxylic acids is 1. The van der Waals surface area contributed by atoms with E-state index in [9.17, 15) is 4.79 Å². The van der Waals surface area contributed by atoms with Gasteiger partial charge in [0.2, 0.25) is 5.91 Å². The first-order chi connectivity index (χ1) is 9.76. The fourth-order valence-electron chi connectivity index (χ4n) is 2.10. The van der Waals surface area contributed by atoms with Gasteiger partial charge >= 0.3 is 0 Å². The molecule has 3 rings (SSSR count). The molecule has 0 saturated carbocycles. The minimum Gasteiger partial charge on any atom is -0.375 e. The Morgan fingerprint density at radius 3 is 2.95 bits per heavy atom. The molecular formula is C14H15N3O2S. The van der Waals surface area contributed by atoms with Crippen LogP contribution in [0, 0.1) is 0 Å². The third-order valence-electron chi connectivity index (χ3n) is 3.04. The Kier molecular flexibility index (Phi) is 3.75. The quantitative estimate of drug-likeness (QED) is 0.938. The lowest BCUT2D eigenvalue weighted by molar-refractivity contribution is -0.119. The minimum absolute atomic E-state index is 0.0622. The summed E-state index contributed by atoms with van der Waals surface area (Å²) in [4.78, 5) is 16.0. The van der Waals surface area contributed by atoms with Crippen LogP contribution in [0.4, 0.5) is 5.69 Å².